The van der Waals surface area contributed by atoms with Gasteiger partial charge in [0.05, 0.1) is 7.11 Å². The summed E-state index contributed by atoms with van der Waals surface area (Å²) in [6.07, 6.45) is 0. The molecule has 0 unspecified atom stereocenters. The molecule has 0 aliphatic rings. The van der Waals surface area contributed by atoms with Crippen molar-refractivity contribution in [2.24, 2.45) is 0 Å². The Hall–Kier alpha value is -1.68. The standard InChI is InChI=1S/C11H11ClN2O2/c1-6-3-7(12)4-8(11(6)15-2)9-5-10(13)16-14-9/h3-5H,13H2,1-2H3. The number of rotatable bonds is 2. The van der Waals surface area contributed by atoms with Crippen LogP contribution in [-0.2, 0) is 0 Å². The van der Waals surface area contributed by atoms with E-state index in [0.717, 1.165) is 16.9 Å². The molecule has 0 amide bonds. The Morgan fingerprint density at radius 2 is 2.12 bits per heavy atom. The van der Waals surface area contributed by atoms with Gasteiger partial charge in [-0.3, -0.25) is 0 Å². The van der Waals surface area contributed by atoms with Gasteiger partial charge in [0.2, 0.25) is 5.88 Å². The fourth-order valence-corrected chi connectivity index (χ4v) is 1.88. The van der Waals surface area contributed by atoms with E-state index in [1.165, 1.54) is 0 Å². The van der Waals surface area contributed by atoms with Crippen molar-refractivity contribution in [1.82, 2.24) is 5.16 Å². The van der Waals surface area contributed by atoms with Crippen molar-refractivity contribution < 1.29 is 9.26 Å². The predicted octanol–water partition coefficient (Wildman–Crippen LogP) is 2.89. The van der Waals surface area contributed by atoms with E-state index < -0.39 is 0 Å². The lowest BCUT2D eigenvalue weighted by Crippen LogP contribution is -1.91. The Kier molecular flexibility index (Phi) is 2.75. The van der Waals surface area contributed by atoms with Crippen LogP contribution in [0.4, 0.5) is 5.88 Å². The Labute approximate surface area is 97.9 Å². The van der Waals surface area contributed by atoms with Crippen LogP contribution in [0.3, 0.4) is 0 Å². The van der Waals surface area contributed by atoms with Gasteiger partial charge in [-0.25, -0.2) is 0 Å². The molecule has 0 radical (unpaired) electrons. The lowest BCUT2D eigenvalue weighted by atomic mass is 10.1. The smallest absolute Gasteiger partial charge is 0.222 e. The SMILES string of the molecule is COc1c(C)cc(Cl)cc1-c1cc(N)on1. The zero-order chi connectivity index (χ0) is 11.7. The largest absolute Gasteiger partial charge is 0.496 e. The van der Waals surface area contributed by atoms with E-state index in [-0.39, 0.29) is 5.88 Å². The molecule has 1 aromatic heterocycles. The first-order valence-electron chi connectivity index (χ1n) is 4.68. The number of aryl methyl sites for hydroxylation is 1. The molecule has 2 rings (SSSR count). The second-order valence-electron chi connectivity index (χ2n) is 3.42. The van der Waals surface area contributed by atoms with Gasteiger partial charge in [0, 0.05) is 16.7 Å². The van der Waals surface area contributed by atoms with Gasteiger partial charge in [0.1, 0.15) is 11.4 Å². The highest BCUT2D eigenvalue weighted by Crippen LogP contribution is 2.35. The first-order valence-corrected chi connectivity index (χ1v) is 5.06. The van der Waals surface area contributed by atoms with Crippen LogP contribution in [0, 0.1) is 6.92 Å². The number of halogens is 1. The fraction of sp³-hybridized carbons (Fsp3) is 0.182. The third kappa shape index (κ3) is 1.84. The van der Waals surface area contributed by atoms with Gasteiger partial charge in [-0.15, -0.1) is 0 Å². The maximum absolute atomic E-state index is 5.99. The van der Waals surface area contributed by atoms with Crippen LogP contribution >= 0.6 is 11.6 Å². The first kappa shape index (κ1) is 10.8. The van der Waals surface area contributed by atoms with Crippen molar-refractivity contribution in [3.05, 3.63) is 28.8 Å². The average Bonchev–Trinajstić information content (AvgIpc) is 2.63. The summed E-state index contributed by atoms with van der Waals surface area (Å²) in [5.41, 5.74) is 7.80. The van der Waals surface area contributed by atoms with Gasteiger partial charge in [-0.1, -0.05) is 16.8 Å². The molecule has 0 aliphatic carbocycles. The van der Waals surface area contributed by atoms with E-state index in [2.05, 4.69) is 5.16 Å². The van der Waals surface area contributed by atoms with Gasteiger partial charge in [-0.05, 0) is 24.6 Å². The summed E-state index contributed by atoms with van der Waals surface area (Å²) < 4.78 is 10.1. The van der Waals surface area contributed by atoms with Crippen molar-refractivity contribution >= 4 is 17.5 Å². The minimum absolute atomic E-state index is 0.259. The molecule has 1 aromatic carbocycles. The van der Waals surface area contributed by atoms with E-state index in [1.54, 1.807) is 19.2 Å². The molecule has 84 valence electrons. The molecule has 0 aliphatic heterocycles. The maximum atomic E-state index is 5.99. The highest BCUT2D eigenvalue weighted by atomic mass is 35.5. The van der Waals surface area contributed by atoms with Gasteiger partial charge < -0.3 is 15.0 Å². The first-order chi connectivity index (χ1) is 7.61. The zero-order valence-corrected chi connectivity index (χ0v) is 9.71. The topological polar surface area (TPSA) is 61.3 Å². The molecular formula is C11H11ClN2O2. The van der Waals surface area contributed by atoms with Crippen LogP contribution in [0.5, 0.6) is 5.75 Å². The van der Waals surface area contributed by atoms with Crippen LogP contribution in [0.1, 0.15) is 5.56 Å². The van der Waals surface area contributed by atoms with Crippen molar-refractivity contribution in [3.63, 3.8) is 0 Å². The van der Waals surface area contributed by atoms with Gasteiger partial charge >= 0.3 is 0 Å². The zero-order valence-electron chi connectivity index (χ0n) is 8.95. The molecule has 4 nitrogen and oxygen atoms in total. The molecule has 0 saturated heterocycles. The molecule has 1 heterocycles. The van der Waals surface area contributed by atoms with E-state index in [0.29, 0.717) is 10.7 Å². The summed E-state index contributed by atoms with van der Waals surface area (Å²) in [4.78, 5) is 0. The summed E-state index contributed by atoms with van der Waals surface area (Å²) in [6, 6.07) is 5.23. The van der Waals surface area contributed by atoms with E-state index >= 15 is 0 Å². The number of nitrogens with zero attached hydrogens (tertiary/aromatic N) is 1. The molecule has 2 aromatic rings. The fourth-order valence-electron chi connectivity index (χ4n) is 1.61. The summed E-state index contributed by atoms with van der Waals surface area (Å²) >= 11 is 5.99. The Balaban J connectivity index is 2.63. The summed E-state index contributed by atoms with van der Waals surface area (Å²) in [7, 11) is 1.60. The van der Waals surface area contributed by atoms with E-state index in [4.69, 9.17) is 26.6 Å². The van der Waals surface area contributed by atoms with Gasteiger partial charge in [-0.2, -0.15) is 0 Å². The third-order valence-electron chi connectivity index (χ3n) is 2.25. The second-order valence-corrected chi connectivity index (χ2v) is 3.85. The summed E-state index contributed by atoms with van der Waals surface area (Å²) in [6.45, 7) is 1.91. The molecule has 0 atom stereocenters. The van der Waals surface area contributed by atoms with E-state index in [1.807, 2.05) is 13.0 Å². The lowest BCUT2D eigenvalue weighted by molar-refractivity contribution is 0.411. The maximum Gasteiger partial charge on any atom is 0.222 e. The van der Waals surface area contributed by atoms with Gasteiger partial charge in [0.15, 0.2) is 0 Å². The summed E-state index contributed by atoms with van der Waals surface area (Å²) in [5, 5.41) is 4.46. The monoisotopic (exact) mass is 238 g/mol. The molecule has 0 spiro atoms. The molecule has 16 heavy (non-hydrogen) atoms. The highest BCUT2D eigenvalue weighted by molar-refractivity contribution is 6.31. The molecule has 0 saturated carbocycles. The normalized spacial score (nSPS) is 10.4. The Morgan fingerprint density at radius 3 is 2.69 bits per heavy atom. The van der Waals surface area contributed by atoms with Crippen LogP contribution in [0.15, 0.2) is 22.7 Å². The predicted molar refractivity (Wildman–Crippen MR) is 62.7 cm³/mol. The third-order valence-corrected chi connectivity index (χ3v) is 2.47. The molecule has 0 bridgehead atoms. The minimum atomic E-state index is 0.259. The quantitative estimate of drug-likeness (QED) is 0.874. The number of ether oxygens (including phenoxy) is 1. The molecule has 0 fully saturated rings. The van der Waals surface area contributed by atoms with Crippen LogP contribution in [0.2, 0.25) is 5.02 Å². The molecule has 5 heteroatoms. The lowest BCUT2D eigenvalue weighted by Gasteiger charge is -2.09. The number of hydrogen-bond acceptors (Lipinski definition) is 4. The Morgan fingerprint density at radius 1 is 1.38 bits per heavy atom. The number of hydrogen-bond donors (Lipinski definition) is 1. The number of anilines is 1. The molecular weight excluding hydrogens is 228 g/mol. The highest BCUT2D eigenvalue weighted by Gasteiger charge is 2.13. The van der Waals surface area contributed by atoms with Crippen molar-refractivity contribution in [2.75, 3.05) is 12.8 Å². The second kappa shape index (κ2) is 4.06. The average molecular weight is 239 g/mol. The number of methoxy groups -OCH3 is 1. The number of nitrogens with two attached hydrogens (primary N) is 1. The minimum Gasteiger partial charge on any atom is -0.496 e. The Bertz CT molecular complexity index is 523. The van der Waals surface area contributed by atoms with Crippen molar-refractivity contribution in [2.45, 2.75) is 6.92 Å². The number of benzene rings is 1. The van der Waals surface area contributed by atoms with Crippen molar-refractivity contribution in [3.8, 4) is 17.0 Å². The van der Waals surface area contributed by atoms with Crippen LogP contribution < -0.4 is 10.5 Å². The van der Waals surface area contributed by atoms with Crippen molar-refractivity contribution in [1.29, 1.82) is 0 Å². The van der Waals surface area contributed by atoms with Crippen LogP contribution in [-0.4, -0.2) is 12.3 Å². The number of nitrogen functional groups attached to an aromatic ring is 1. The van der Waals surface area contributed by atoms with E-state index in [9.17, 15) is 0 Å². The number of aromatic nitrogens is 1. The van der Waals surface area contributed by atoms with Gasteiger partial charge in [0.25, 0.3) is 0 Å². The molecule has 2 N–H and O–H groups in total. The summed E-state index contributed by atoms with van der Waals surface area (Å²) in [5.74, 6) is 0.979. The van der Waals surface area contributed by atoms with Crippen LogP contribution in [0.25, 0.3) is 11.3 Å².